The minimum atomic E-state index is -0.216. The smallest absolute Gasteiger partial charge is 0.290 e. The number of ether oxygens (including phenoxy) is 2. The fourth-order valence-corrected chi connectivity index (χ4v) is 2.76. The van der Waals surface area contributed by atoms with Crippen LogP contribution in [0.5, 0.6) is 11.7 Å². The van der Waals surface area contributed by atoms with Crippen LogP contribution in [0.2, 0.25) is 0 Å². The van der Waals surface area contributed by atoms with E-state index in [0.717, 1.165) is 19.4 Å². The third-order valence-electron chi connectivity index (χ3n) is 4.06. The van der Waals surface area contributed by atoms with Gasteiger partial charge < -0.3 is 19.2 Å². The predicted molar refractivity (Wildman–Crippen MR) is 85.7 cm³/mol. The zero-order chi connectivity index (χ0) is 16.1. The van der Waals surface area contributed by atoms with Gasteiger partial charge in [0.2, 0.25) is 0 Å². The first-order valence-corrected chi connectivity index (χ1v) is 7.97. The minimum absolute atomic E-state index is 0.105. The number of para-hydroxylation sites is 1. The van der Waals surface area contributed by atoms with Gasteiger partial charge in [0.15, 0.2) is 5.76 Å². The molecule has 0 unspecified atom stereocenters. The van der Waals surface area contributed by atoms with Gasteiger partial charge in [-0.25, -0.2) is 0 Å². The molecule has 1 aliphatic heterocycles. The van der Waals surface area contributed by atoms with E-state index in [1.807, 2.05) is 30.3 Å². The van der Waals surface area contributed by atoms with Gasteiger partial charge in [-0.15, -0.1) is 0 Å². The van der Waals surface area contributed by atoms with E-state index in [1.165, 1.54) is 0 Å². The summed E-state index contributed by atoms with van der Waals surface area (Å²) in [5.41, 5.74) is 0. The molecule has 0 radical (unpaired) electrons. The lowest BCUT2D eigenvalue weighted by Gasteiger charge is -2.21. The molecule has 2 aromatic rings. The molecule has 1 fully saturated rings. The van der Waals surface area contributed by atoms with E-state index in [2.05, 4.69) is 12.2 Å². The first-order chi connectivity index (χ1) is 11.3. The highest BCUT2D eigenvalue weighted by Gasteiger charge is 2.26. The number of benzene rings is 1. The summed E-state index contributed by atoms with van der Waals surface area (Å²) in [6, 6.07) is 12.7. The van der Waals surface area contributed by atoms with Gasteiger partial charge >= 0.3 is 0 Å². The van der Waals surface area contributed by atoms with Crippen LogP contribution in [0, 0.1) is 5.92 Å². The Morgan fingerprint density at radius 1 is 1.30 bits per heavy atom. The molecule has 0 bridgehead atoms. The molecule has 0 spiro atoms. The van der Waals surface area contributed by atoms with E-state index in [4.69, 9.17) is 13.9 Å². The Hall–Kier alpha value is -2.27. The first kappa shape index (κ1) is 15.6. The fourth-order valence-electron chi connectivity index (χ4n) is 2.76. The number of carbonyl (C=O) groups excluding carboxylic acids is 1. The van der Waals surface area contributed by atoms with Crippen molar-refractivity contribution < 1.29 is 18.7 Å². The van der Waals surface area contributed by atoms with Crippen LogP contribution in [0.15, 0.2) is 46.9 Å². The molecule has 1 amide bonds. The molecule has 2 heterocycles. The largest absolute Gasteiger partial charge is 0.426 e. The third-order valence-corrected chi connectivity index (χ3v) is 4.06. The minimum Gasteiger partial charge on any atom is -0.426 e. The van der Waals surface area contributed by atoms with Gasteiger partial charge in [-0.2, -0.15) is 0 Å². The molecule has 0 saturated carbocycles. The van der Waals surface area contributed by atoms with Crippen molar-refractivity contribution in [2.45, 2.75) is 25.8 Å². The number of rotatable bonds is 6. The third kappa shape index (κ3) is 3.93. The molecule has 23 heavy (non-hydrogen) atoms. The molecule has 1 aromatic carbocycles. The van der Waals surface area contributed by atoms with E-state index < -0.39 is 0 Å². The number of nitrogens with one attached hydrogen (secondary N) is 1. The van der Waals surface area contributed by atoms with E-state index in [1.54, 1.807) is 12.1 Å². The van der Waals surface area contributed by atoms with Crippen LogP contribution in [0.25, 0.3) is 0 Å². The monoisotopic (exact) mass is 315 g/mol. The summed E-state index contributed by atoms with van der Waals surface area (Å²) in [5, 5.41) is 3.03. The molecule has 1 aliphatic rings. The van der Waals surface area contributed by atoms with Crippen LogP contribution in [0.1, 0.15) is 30.3 Å². The van der Waals surface area contributed by atoms with E-state index in [9.17, 15) is 4.79 Å². The van der Waals surface area contributed by atoms with Crippen LogP contribution in [0.4, 0.5) is 0 Å². The Kier molecular flexibility index (Phi) is 4.98. The van der Waals surface area contributed by atoms with Crippen LogP contribution in [-0.4, -0.2) is 25.2 Å². The van der Waals surface area contributed by atoms with Crippen molar-refractivity contribution in [3.05, 3.63) is 48.2 Å². The Balaban J connectivity index is 1.61. The molecule has 5 heteroatoms. The number of hydrogen-bond donors (Lipinski definition) is 1. The molecule has 1 aromatic heterocycles. The van der Waals surface area contributed by atoms with Crippen molar-refractivity contribution in [2.75, 3.05) is 13.2 Å². The molecule has 1 N–H and O–H groups in total. The van der Waals surface area contributed by atoms with Gasteiger partial charge in [-0.3, -0.25) is 4.79 Å². The van der Waals surface area contributed by atoms with Crippen LogP contribution in [-0.2, 0) is 4.74 Å². The van der Waals surface area contributed by atoms with Crippen LogP contribution >= 0.6 is 0 Å². The number of furan rings is 1. The molecule has 2 atom stereocenters. The zero-order valence-electron chi connectivity index (χ0n) is 13.2. The average molecular weight is 315 g/mol. The van der Waals surface area contributed by atoms with Gasteiger partial charge in [-0.05, 0) is 31.0 Å². The highest BCUT2D eigenvalue weighted by molar-refractivity contribution is 5.91. The number of carbonyl (C=O) groups is 1. The molecule has 3 rings (SSSR count). The highest BCUT2D eigenvalue weighted by Crippen LogP contribution is 2.24. The second-order valence-corrected chi connectivity index (χ2v) is 5.65. The maximum absolute atomic E-state index is 12.3. The molecular weight excluding hydrogens is 294 g/mol. The molecule has 122 valence electrons. The second kappa shape index (κ2) is 7.33. The standard InChI is InChI=1S/C18H21NO4/c1-2-15(13-10-11-21-12-13)19-18(20)16-8-9-17(23-16)22-14-6-4-3-5-7-14/h3-9,13,15H,2,10-12H2,1H3,(H,19,20)/t13-,15-/m1/s1. The Morgan fingerprint density at radius 2 is 2.13 bits per heavy atom. The highest BCUT2D eigenvalue weighted by atomic mass is 16.6. The summed E-state index contributed by atoms with van der Waals surface area (Å²) in [5.74, 6) is 1.39. The lowest BCUT2D eigenvalue weighted by Crippen LogP contribution is -2.40. The quantitative estimate of drug-likeness (QED) is 0.884. The Morgan fingerprint density at radius 3 is 2.83 bits per heavy atom. The fraction of sp³-hybridized carbons (Fsp3) is 0.389. The van der Waals surface area contributed by atoms with Gasteiger partial charge in [-0.1, -0.05) is 25.1 Å². The summed E-state index contributed by atoms with van der Waals surface area (Å²) < 4.78 is 16.5. The van der Waals surface area contributed by atoms with Crippen molar-refractivity contribution in [3.8, 4) is 11.7 Å². The molecule has 0 aliphatic carbocycles. The Bertz CT molecular complexity index is 631. The topological polar surface area (TPSA) is 60.7 Å². The lowest BCUT2D eigenvalue weighted by atomic mass is 9.97. The second-order valence-electron chi connectivity index (χ2n) is 5.65. The predicted octanol–water partition coefficient (Wildman–Crippen LogP) is 3.62. The zero-order valence-corrected chi connectivity index (χ0v) is 13.2. The van der Waals surface area contributed by atoms with E-state index in [0.29, 0.717) is 24.2 Å². The number of amides is 1. The van der Waals surface area contributed by atoms with Crippen molar-refractivity contribution >= 4 is 5.91 Å². The summed E-state index contributed by atoms with van der Waals surface area (Å²) in [6.45, 7) is 3.54. The van der Waals surface area contributed by atoms with Crippen molar-refractivity contribution in [1.82, 2.24) is 5.32 Å². The van der Waals surface area contributed by atoms with Crippen LogP contribution < -0.4 is 10.1 Å². The normalized spacial score (nSPS) is 18.6. The van der Waals surface area contributed by atoms with Gasteiger partial charge in [0.05, 0.1) is 6.61 Å². The van der Waals surface area contributed by atoms with Crippen LogP contribution in [0.3, 0.4) is 0 Å². The Labute approximate surface area is 135 Å². The molecular formula is C18H21NO4. The lowest BCUT2D eigenvalue weighted by molar-refractivity contribution is 0.0881. The van der Waals surface area contributed by atoms with Crippen molar-refractivity contribution in [1.29, 1.82) is 0 Å². The summed E-state index contributed by atoms with van der Waals surface area (Å²) in [7, 11) is 0. The summed E-state index contributed by atoms with van der Waals surface area (Å²) in [4.78, 5) is 12.3. The van der Waals surface area contributed by atoms with Gasteiger partial charge in [0, 0.05) is 24.6 Å². The summed E-state index contributed by atoms with van der Waals surface area (Å²) >= 11 is 0. The van der Waals surface area contributed by atoms with E-state index in [-0.39, 0.29) is 17.7 Å². The van der Waals surface area contributed by atoms with Crippen molar-refractivity contribution in [2.24, 2.45) is 5.92 Å². The SMILES string of the molecule is CC[C@@H](NC(=O)c1ccc(Oc2ccccc2)o1)[C@@H]1CCOC1. The van der Waals surface area contributed by atoms with Crippen molar-refractivity contribution in [3.63, 3.8) is 0 Å². The molecule has 5 nitrogen and oxygen atoms in total. The number of hydrogen-bond acceptors (Lipinski definition) is 4. The first-order valence-electron chi connectivity index (χ1n) is 7.97. The van der Waals surface area contributed by atoms with Gasteiger partial charge in [0.25, 0.3) is 11.9 Å². The molecule has 1 saturated heterocycles. The maximum atomic E-state index is 12.3. The van der Waals surface area contributed by atoms with Gasteiger partial charge in [0.1, 0.15) is 5.75 Å². The maximum Gasteiger partial charge on any atom is 0.290 e. The van der Waals surface area contributed by atoms with E-state index >= 15 is 0 Å². The summed E-state index contributed by atoms with van der Waals surface area (Å²) in [6.07, 6.45) is 1.85. The average Bonchev–Trinajstić information content (AvgIpc) is 3.25.